The fraction of sp³-hybridized carbons (Fsp3) is 0.174. The van der Waals surface area contributed by atoms with E-state index in [1.807, 2.05) is 0 Å². The largest absolute Gasteiger partial charge is 0.384 e. The number of benzene rings is 2. The molecule has 2 heterocycles. The molecular formula is C23H16Cl2N4O2. The van der Waals surface area contributed by atoms with Gasteiger partial charge in [0, 0.05) is 34.0 Å². The first-order valence-electron chi connectivity index (χ1n) is 9.74. The molecule has 1 atom stereocenters. The lowest BCUT2D eigenvalue weighted by Gasteiger charge is -2.43. The number of fused-ring (bicyclic) bond motifs is 3. The Morgan fingerprint density at radius 1 is 1.13 bits per heavy atom. The number of ketones is 1. The molecule has 3 aliphatic rings. The molecule has 2 aromatic rings. The van der Waals surface area contributed by atoms with E-state index in [-0.39, 0.29) is 29.2 Å². The number of nitrogens with zero attached hydrogens (tertiary/aromatic N) is 2. The van der Waals surface area contributed by atoms with Gasteiger partial charge in [0.25, 0.3) is 0 Å². The monoisotopic (exact) mass is 450 g/mol. The zero-order valence-electron chi connectivity index (χ0n) is 16.2. The lowest BCUT2D eigenvalue weighted by molar-refractivity contribution is -0.122. The fourth-order valence-electron chi connectivity index (χ4n) is 4.87. The number of carbonyl (C=O) groups is 2. The number of rotatable bonds is 1. The summed E-state index contributed by atoms with van der Waals surface area (Å²) in [4.78, 5) is 28.5. The average Bonchev–Trinajstić information content (AvgIpc) is 3.01. The van der Waals surface area contributed by atoms with Gasteiger partial charge in [0.1, 0.15) is 17.3 Å². The van der Waals surface area contributed by atoms with Crippen molar-refractivity contribution in [3.8, 4) is 6.07 Å². The third kappa shape index (κ3) is 2.51. The van der Waals surface area contributed by atoms with E-state index in [0.717, 1.165) is 0 Å². The Balaban J connectivity index is 1.91. The number of anilines is 2. The maximum absolute atomic E-state index is 13.5. The van der Waals surface area contributed by atoms with Crippen LogP contribution in [0, 0.1) is 11.3 Å². The van der Waals surface area contributed by atoms with Crippen LogP contribution < -0.4 is 16.0 Å². The van der Waals surface area contributed by atoms with Crippen LogP contribution in [0.25, 0.3) is 0 Å². The van der Waals surface area contributed by atoms with Gasteiger partial charge in [-0.25, -0.2) is 0 Å². The molecule has 8 heteroatoms. The summed E-state index contributed by atoms with van der Waals surface area (Å²) in [6.07, 6.45) is 1.39. The Hall–Kier alpha value is -3.27. The van der Waals surface area contributed by atoms with Gasteiger partial charge in [-0.15, -0.1) is 0 Å². The van der Waals surface area contributed by atoms with Crippen molar-refractivity contribution >= 4 is 46.3 Å². The number of amides is 1. The maximum Gasteiger partial charge on any atom is 0.245 e. The van der Waals surface area contributed by atoms with E-state index in [9.17, 15) is 14.9 Å². The molecule has 2 aromatic carbocycles. The van der Waals surface area contributed by atoms with Crippen LogP contribution in [0.4, 0.5) is 11.4 Å². The van der Waals surface area contributed by atoms with Crippen molar-refractivity contribution in [2.24, 2.45) is 5.73 Å². The maximum atomic E-state index is 13.5. The van der Waals surface area contributed by atoms with Gasteiger partial charge in [-0.1, -0.05) is 35.3 Å². The number of allylic oxidation sites excluding steroid dienone is 1. The highest BCUT2D eigenvalue weighted by Gasteiger charge is 2.60. The van der Waals surface area contributed by atoms with Crippen LogP contribution in [-0.4, -0.2) is 11.7 Å². The molecule has 154 valence electrons. The predicted octanol–water partition coefficient (Wildman–Crippen LogP) is 4.40. The van der Waals surface area contributed by atoms with Crippen LogP contribution in [0.2, 0.25) is 10.0 Å². The molecule has 5 rings (SSSR count). The summed E-state index contributed by atoms with van der Waals surface area (Å²) < 4.78 is 0. The molecule has 1 unspecified atom stereocenters. The first kappa shape index (κ1) is 19.7. The minimum atomic E-state index is -1.64. The number of hydrogen-bond acceptors (Lipinski definition) is 5. The molecule has 6 nitrogen and oxygen atoms in total. The van der Waals surface area contributed by atoms with Crippen molar-refractivity contribution in [2.45, 2.75) is 24.7 Å². The highest BCUT2D eigenvalue weighted by molar-refractivity contribution is 6.33. The van der Waals surface area contributed by atoms with Crippen molar-refractivity contribution < 1.29 is 9.59 Å². The number of nitriles is 1. The van der Waals surface area contributed by atoms with Gasteiger partial charge >= 0.3 is 0 Å². The molecule has 1 amide bonds. The molecule has 0 bridgehead atoms. The molecular weight excluding hydrogens is 435 g/mol. The van der Waals surface area contributed by atoms with Gasteiger partial charge in [0.05, 0.1) is 16.3 Å². The minimum Gasteiger partial charge on any atom is -0.384 e. The van der Waals surface area contributed by atoms with Crippen molar-refractivity contribution in [2.75, 3.05) is 10.2 Å². The number of nitrogens with one attached hydrogen (secondary N) is 1. The van der Waals surface area contributed by atoms with Gasteiger partial charge in [0.15, 0.2) is 5.78 Å². The van der Waals surface area contributed by atoms with E-state index >= 15 is 0 Å². The topological polar surface area (TPSA) is 99.2 Å². The highest BCUT2D eigenvalue weighted by atomic mass is 35.5. The lowest BCUT2D eigenvalue weighted by Crippen LogP contribution is -2.50. The molecule has 0 saturated heterocycles. The first-order valence-corrected chi connectivity index (χ1v) is 10.5. The van der Waals surface area contributed by atoms with Crippen molar-refractivity contribution in [1.82, 2.24) is 0 Å². The molecule has 2 aliphatic heterocycles. The number of nitrogens with two attached hydrogens (primary N) is 1. The number of Topliss-reactive ketones (excluding diaryl/α,β-unsaturated/α-hetero) is 1. The molecule has 0 fully saturated rings. The van der Waals surface area contributed by atoms with E-state index < -0.39 is 11.3 Å². The van der Waals surface area contributed by atoms with Crippen LogP contribution in [0.1, 0.15) is 24.8 Å². The van der Waals surface area contributed by atoms with Gasteiger partial charge in [0.2, 0.25) is 5.91 Å². The zero-order chi connectivity index (χ0) is 21.9. The van der Waals surface area contributed by atoms with Crippen LogP contribution in [0.3, 0.4) is 0 Å². The van der Waals surface area contributed by atoms with Crippen molar-refractivity contribution in [3.63, 3.8) is 0 Å². The Morgan fingerprint density at radius 3 is 2.65 bits per heavy atom. The second-order valence-electron chi connectivity index (χ2n) is 7.65. The van der Waals surface area contributed by atoms with E-state index in [2.05, 4.69) is 11.4 Å². The van der Waals surface area contributed by atoms with Gasteiger partial charge in [-0.3, -0.25) is 14.5 Å². The molecule has 1 aliphatic carbocycles. The average molecular weight is 451 g/mol. The second kappa shape index (κ2) is 6.88. The SMILES string of the molecule is N#CC1=C(N)N(c2ccccc2Cl)C2=C(C(=O)CCC2)C12C(=O)Nc1ccc(Cl)cc12. The Kier molecular flexibility index (Phi) is 4.37. The molecule has 31 heavy (non-hydrogen) atoms. The molecule has 0 radical (unpaired) electrons. The molecule has 0 saturated carbocycles. The highest BCUT2D eigenvalue weighted by Crippen LogP contribution is 2.55. The summed E-state index contributed by atoms with van der Waals surface area (Å²) in [6.45, 7) is 0. The Morgan fingerprint density at radius 2 is 1.90 bits per heavy atom. The normalized spacial score (nSPS) is 22.4. The molecule has 3 N–H and O–H groups in total. The fourth-order valence-corrected chi connectivity index (χ4v) is 5.26. The van der Waals surface area contributed by atoms with Crippen LogP contribution in [0.5, 0.6) is 0 Å². The Bertz CT molecular complexity index is 1290. The van der Waals surface area contributed by atoms with Gasteiger partial charge < -0.3 is 11.1 Å². The third-order valence-electron chi connectivity index (χ3n) is 6.08. The molecule has 1 spiro atoms. The summed E-state index contributed by atoms with van der Waals surface area (Å²) in [5, 5.41) is 13.8. The summed E-state index contributed by atoms with van der Waals surface area (Å²) >= 11 is 12.7. The number of carbonyl (C=O) groups excluding carboxylic acids is 2. The minimum absolute atomic E-state index is 0.0139. The first-order chi connectivity index (χ1) is 14.9. The van der Waals surface area contributed by atoms with Crippen LogP contribution >= 0.6 is 23.2 Å². The van der Waals surface area contributed by atoms with Crippen molar-refractivity contribution in [1.29, 1.82) is 5.26 Å². The van der Waals surface area contributed by atoms with E-state index in [0.29, 0.717) is 45.5 Å². The van der Waals surface area contributed by atoms with E-state index in [1.165, 1.54) is 0 Å². The quantitative estimate of drug-likeness (QED) is 0.670. The van der Waals surface area contributed by atoms with Gasteiger partial charge in [-0.2, -0.15) is 5.26 Å². The standard InChI is InChI=1S/C23H16Cl2N4O2/c24-12-8-9-16-13(10-12)23(22(31)28-16)14(11-26)21(27)29(17-5-2-1-4-15(17)25)18-6-3-7-19(30)20(18)23/h1-2,4-5,8-10H,3,6-7,27H2,(H,28,31). The van der Waals surface area contributed by atoms with Gasteiger partial charge in [-0.05, 0) is 43.2 Å². The predicted molar refractivity (Wildman–Crippen MR) is 118 cm³/mol. The van der Waals surface area contributed by atoms with Crippen molar-refractivity contribution in [3.05, 3.63) is 80.7 Å². The van der Waals surface area contributed by atoms with Crippen LogP contribution in [0.15, 0.2) is 65.1 Å². The third-order valence-corrected chi connectivity index (χ3v) is 6.64. The summed E-state index contributed by atoms with van der Waals surface area (Å²) in [5.41, 5.74) is 7.29. The smallest absolute Gasteiger partial charge is 0.245 e. The summed E-state index contributed by atoms with van der Waals surface area (Å²) in [5.74, 6) is -0.598. The number of para-hydroxylation sites is 1. The lowest BCUT2D eigenvalue weighted by atomic mass is 9.64. The van der Waals surface area contributed by atoms with Crippen LogP contribution in [-0.2, 0) is 15.0 Å². The van der Waals surface area contributed by atoms with E-state index in [4.69, 9.17) is 28.9 Å². The second-order valence-corrected chi connectivity index (χ2v) is 8.49. The van der Waals surface area contributed by atoms with E-state index in [1.54, 1.807) is 47.4 Å². The summed E-state index contributed by atoms with van der Waals surface area (Å²) in [6, 6.07) is 14.1. The summed E-state index contributed by atoms with van der Waals surface area (Å²) in [7, 11) is 0. The number of halogens is 2. The zero-order valence-corrected chi connectivity index (χ0v) is 17.7. The number of hydrogen-bond donors (Lipinski definition) is 2. The molecule has 0 aromatic heterocycles. The Labute approximate surface area is 188 Å².